The van der Waals surface area contributed by atoms with E-state index >= 15 is 0 Å². The molecule has 0 saturated heterocycles. The maximum Gasteiger partial charge on any atom is 0.323 e. The van der Waals surface area contributed by atoms with Crippen LogP contribution in [-0.2, 0) is 30.8 Å². The Bertz CT molecular complexity index is 978. The molecule has 2 aliphatic rings. The van der Waals surface area contributed by atoms with Gasteiger partial charge in [-0.3, -0.25) is 19.4 Å². The van der Waals surface area contributed by atoms with Crippen LogP contribution in [0.1, 0.15) is 38.7 Å². The predicted octanol–water partition coefficient (Wildman–Crippen LogP) is 0.850. The van der Waals surface area contributed by atoms with Gasteiger partial charge in [0.15, 0.2) is 0 Å². The summed E-state index contributed by atoms with van der Waals surface area (Å²) < 4.78 is 28.8. The van der Waals surface area contributed by atoms with E-state index in [2.05, 4.69) is 9.71 Å². The number of carbonyl (C=O) groups excluding carboxylic acids is 2. The molecule has 170 valence electrons. The molecule has 10 heteroatoms. The fraction of sp³-hybridized carbons (Fsp3) is 0.619. The molecule has 0 spiro atoms. The third-order valence-electron chi connectivity index (χ3n) is 7.11. The average molecular weight is 452 g/mol. The molecule has 0 radical (unpaired) electrons. The van der Waals surface area contributed by atoms with E-state index in [0.29, 0.717) is 18.4 Å². The standard InChI is InChI=1S/C21H29N3O6S/c1-20(2)15-6-7-21(20,17(25)10-15)13-31(29,30)23-16(9-14-5-4-8-22-11-14)19(28)24(3)12-18(26)27/h4-5,8,11,15-16,23H,6-7,9-10,12-13H2,1-3H3,(H,26,27). The fourth-order valence-corrected chi connectivity index (χ4v) is 7.20. The van der Waals surface area contributed by atoms with Crippen LogP contribution in [-0.4, -0.2) is 66.5 Å². The number of rotatable bonds is 9. The number of fused-ring (bicyclic) bond motifs is 2. The third kappa shape index (κ3) is 4.50. The Balaban J connectivity index is 1.84. The summed E-state index contributed by atoms with van der Waals surface area (Å²) in [5.41, 5.74) is -0.760. The number of amides is 1. The number of Topliss-reactive ketones (excluding diaryl/α,β-unsaturated/α-hetero) is 1. The summed E-state index contributed by atoms with van der Waals surface area (Å²) in [6.07, 6.45) is 4.82. The first kappa shape index (κ1) is 23.3. The van der Waals surface area contributed by atoms with Crippen LogP contribution in [0, 0.1) is 16.7 Å². The minimum absolute atomic E-state index is 0.0167. The molecule has 1 aromatic heterocycles. The van der Waals surface area contributed by atoms with Crippen molar-refractivity contribution in [3.63, 3.8) is 0 Å². The third-order valence-corrected chi connectivity index (χ3v) is 8.62. The van der Waals surface area contributed by atoms with Crippen molar-refractivity contribution < 1.29 is 27.9 Å². The van der Waals surface area contributed by atoms with E-state index in [1.165, 1.54) is 13.2 Å². The maximum absolute atomic E-state index is 13.2. The number of ketones is 1. The quantitative estimate of drug-likeness (QED) is 0.568. The molecule has 31 heavy (non-hydrogen) atoms. The van der Waals surface area contributed by atoms with Gasteiger partial charge in [0.25, 0.3) is 0 Å². The van der Waals surface area contributed by atoms with E-state index in [1.807, 2.05) is 13.8 Å². The number of nitrogens with one attached hydrogen (secondary N) is 1. The number of nitrogens with zero attached hydrogens (tertiary/aromatic N) is 2. The Kier molecular flexibility index (Phi) is 6.25. The lowest BCUT2D eigenvalue weighted by molar-refractivity contribution is -0.144. The normalized spacial score (nSPS) is 25.4. The Morgan fingerprint density at radius 1 is 1.39 bits per heavy atom. The molecule has 9 nitrogen and oxygen atoms in total. The number of aliphatic carboxylic acids is 1. The van der Waals surface area contributed by atoms with Crippen LogP contribution in [0.5, 0.6) is 0 Å². The lowest BCUT2D eigenvalue weighted by Crippen LogP contribution is -2.53. The number of hydrogen-bond donors (Lipinski definition) is 2. The van der Waals surface area contributed by atoms with E-state index in [-0.39, 0.29) is 23.9 Å². The van der Waals surface area contributed by atoms with Crippen molar-refractivity contribution in [2.24, 2.45) is 16.7 Å². The van der Waals surface area contributed by atoms with Crippen molar-refractivity contribution in [1.29, 1.82) is 0 Å². The first-order valence-electron chi connectivity index (χ1n) is 10.3. The number of hydrogen-bond acceptors (Lipinski definition) is 6. The first-order chi connectivity index (χ1) is 14.4. The van der Waals surface area contributed by atoms with Crippen molar-refractivity contribution in [1.82, 2.24) is 14.6 Å². The summed E-state index contributed by atoms with van der Waals surface area (Å²) >= 11 is 0. The van der Waals surface area contributed by atoms with Gasteiger partial charge in [0.1, 0.15) is 18.4 Å². The van der Waals surface area contributed by atoms with Gasteiger partial charge in [-0.15, -0.1) is 0 Å². The van der Waals surface area contributed by atoms with Crippen LogP contribution in [0.2, 0.25) is 0 Å². The second-order valence-electron chi connectivity index (χ2n) is 9.25. The number of carboxylic acids is 1. The van der Waals surface area contributed by atoms with Gasteiger partial charge in [-0.1, -0.05) is 19.9 Å². The monoisotopic (exact) mass is 451 g/mol. The minimum atomic E-state index is -4.03. The minimum Gasteiger partial charge on any atom is -0.480 e. The molecule has 2 fully saturated rings. The lowest BCUT2D eigenvalue weighted by Gasteiger charge is -2.36. The summed E-state index contributed by atoms with van der Waals surface area (Å²) in [7, 11) is -2.71. The van der Waals surface area contributed by atoms with E-state index in [4.69, 9.17) is 5.11 Å². The zero-order chi connectivity index (χ0) is 23.0. The largest absolute Gasteiger partial charge is 0.480 e. The molecule has 2 bridgehead atoms. The number of sulfonamides is 1. The highest BCUT2D eigenvalue weighted by Gasteiger charge is 2.65. The van der Waals surface area contributed by atoms with Gasteiger partial charge in [-0.25, -0.2) is 13.1 Å². The Morgan fingerprint density at radius 3 is 2.61 bits per heavy atom. The second-order valence-corrected chi connectivity index (χ2v) is 11.0. The zero-order valence-electron chi connectivity index (χ0n) is 18.0. The fourth-order valence-electron chi connectivity index (χ4n) is 5.17. The SMILES string of the molecule is CN(CC(=O)O)C(=O)C(Cc1cccnc1)NS(=O)(=O)CC12CCC(CC1=O)C2(C)C. The Morgan fingerprint density at radius 2 is 2.10 bits per heavy atom. The second kappa shape index (κ2) is 8.31. The number of likely N-dealkylation sites (N-methyl/N-ethyl adjacent to an activating group) is 1. The first-order valence-corrected chi connectivity index (χ1v) is 11.9. The Labute approximate surface area is 182 Å². The molecule has 2 saturated carbocycles. The van der Waals surface area contributed by atoms with Crippen molar-refractivity contribution >= 4 is 27.7 Å². The van der Waals surface area contributed by atoms with Crippen molar-refractivity contribution in [2.75, 3.05) is 19.3 Å². The van der Waals surface area contributed by atoms with Gasteiger partial charge >= 0.3 is 5.97 Å². The lowest BCUT2D eigenvalue weighted by atomic mass is 9.70. The molecular weight excluding hydrogens is 422 g/mol. The van der Waals surface area contributed by atoms with Crippen molar-refractivity contribution in [2.45, 2.75) is 45.6 Å². The predicted molar refractivity (Wildman–Crippen MR) is 112 cm³/mol. The van der Waals surface area contributed by atoms with Gasteiger partial charge in [0.05, 0.1) is 5.75 Å². The van der Waals surface area contributed by atoms with Crippen molar-refractivity contribution in [3.8, 4) is 0 Å². The number of carbonyl (C=O) groups is 3. The smallest absolute Gasteiger partial charge is 0.323 e. The molecule has 2 N–H and O–H groups in total. The molecule has 3 unspecified atom stereocenters. The zero-order valence-corrected chi connectivity index (χ0v) is 18.8. The summed E-state index contributed by atoms with van der Waals surface area (Å²) in [4.78, 5) is 41.6. The highest BCUT2D eigenvalue weighted by Crippen LogP contribution is 2.64. The van der Waals surface area contributed by atoms with Gasteiger partial charge in [-0.2, -0.15) is 0 Å². The van der Waals surface area contributed by atoms with E-state index in [0.717, 1.165) is 11.3 Å². The highest BCUT2D eigenvalue weighted by molar-refractivity contribution is 7.89. The molecule has 1 heterocycles. The Hall–Kier alpha value is -2.33. The van der Waals surface area contributed by atoms with Gasteiger partial charge < -0.3 is 10.0 Å². The van der Waals surface area contributed by atoms with Crippen LogP contribution in [0.4, 0.5) is 0 Å². The number of carboxylic acid groups (broad SMARTS) is 1. The summed E-state index contributed by atoms with van der Waals surface area (Å²) in [6.45, 7) is 3.34. The van der Waals surface area contributed by atoms with E-state index in [9.17, 15) is 22.8 Å². The maximum atomic E-state index is 13.2. The molecule has 0 aliphatic heterocycles. The summed E-state index contributed by atoms with van der Waals surface area (Å²) in [5.74, 6) is -2.09. The molecule has 3 rings (SSSR count). The average Bonchev–Trinajstić information content (AvgIpc) is 3.01. The van der Waals surface area contributed by atoms with E-state index in [1.54, 1.807) is 18.3 Å². The summed E-state index contributed by atoms with van der Waals surface area (Å²) in [5, 5.41) is 9.00. The highest BCUT2D eigenvalue weighted by atomic mass is 32.2. The number of pyridine rings is 1. The molecule has 3 atom stereocenters. The van der Waals surface area contributed by atoms with Gasteiger partial charge in [0, 0.05) is 31.3 Å². The number of aromatic nitrogens is 1. The summed E-state index contributed by atoms with van der Waals surface area (Å²) in [6, 6.07) is 2.18. The molecule has 1 amide bonds. The van der Waals surface area contributed by atoms with Crippen LogP contribution in [0.3, 0.4) is 0 Å². The molecule has 1 aromatic rings. The van der Waals surface area contributed by atoms with Crippen LogP contribution in [0.15, 0.2) is 24.5 Å². The molecule has 0 aromatic carbocycles. The van der Waals surface area contributed by atoms with Gasteiger partial charge in [-0.05, 0) is 42.2 Å². The van der Waals surface area contributed by atoms with Crippen LogP contribution < -0.4 is 4.72 Å². The molecular formula is C21H29N3O6S. The molecule has 2 aliphatic carbocycles. The van der Waals surface area contributed by atoms with Crippen LogP contribution >= 0.6 is 0 Å². The topological polar surface area (TPSA) is 134 Å². The van der Waals surface area contributed by atoms with E-state index < -0.39 is 45.3 Å². The van der Waals surface area contributed by atoms with Gasteiger partial charge in [0.2, 0.25) is 15.9 Å². The van der Waals surface area contributed by atoms with Crippen molar-refractivity contribution in [3.05, 3.63) is 30.1 Å². The van der Waals surface area contributed by atoms with Crippen LogP contribution in [0.25, 0.3) is 0 Å².